The highest BCUT2D eigenvalue weighted by Crippen LogP contribution is 2.40. The van der Waals surface area contributed by atoms with Crippen LogP contribution in [0.5, 0.6) is 0 Å². The summed E-state index contributed by atoms with van der Waals surface area (Å²) >= 11 is 6.45. The molecular formula is C33H38ClF4N5O2. The van der Waals surface area contributed by atoms with Crippen LogP contribution in [-0.4, -0.2) is 79.2 Å². The number of alkyl halides is 4. The van der Waals surface area contributed by atoms with Crippen LogP contribution in [0.15, 0.2) is 48.7 Å². The number of carbonyl (C=O) groups excluding carboxylic acids is 1. The van der Waals surface area contributed by atoms with Crippen molar-refractivity contribution < 1.29 is 27.1 Å². The minimum absolute atomic E-state index is 0.0308. The van der Waals surface area contributed by atoms with Crippen LogP contribution in [-0.2, 0) is 10.9 Å². The summed E-state index contributed by atoms with van der Waals surface area (Å²) in [5.74, 6) is -0.543. The van der Waals surface area contributed by atoms with E-state index < -0.39 is 35.6 Å². The molecule has 3 aliphatic rings. The molecule has 7 nitrogen and oxygen atoms in total. The van der Waals surface area contributed by atoms with Crippen molar-refractivity contribution in [3.8, 4) is 11.1 Å². The van der Waals surface area contributed by atoms with Crippen LogP contribution in [0.4, 0.5) is 28.9 Å². The molecule has 1 atom stereocenters. The van der Waals surface area contributed by atoms with Crippen LogP contribution in [0, 0.1) is 5.92 Å². The normalized spacial score (nSPS) is 22.8. The van der Waals surface area contributed by atoms with E-state index in [1.165, 1.54) is 0 Å². The van der Waals surface area contributed by atoms with Crippen molar-refractivity contribution in [2.75, 3.05) is 62.2 Å². The predicted octanol–water partition coefficient (Wildman–Crippen LogP) is 7.11. The lowest BCUT2D eigenvalue weighted by molar-refractivity contribution is -0.145. The summed E-state index contributed by atoms with van der Waals surface area (Å²) in [6.45, 7) is 7.16. The lowest BCUT2D eigenvalue weighted by Crippen LogP contribution is -2.49. The Morgan fingerprint density at radius 3 is 2.42 bits per heavy atom. The van der Waals surface area contributed by atoms with E-state index in [2.05, 4.69) is 44.1 Å². The lowest BCUT2D eigenvalue weighted by Gasteiger charge is -2.40. The van der Waals surface area contributed by atoms with Gasteiger partial charge in [-0.05, 0) is 68.4 Å². The maximum atomic E-state index is 14.2. The highest BCUT2D eigenvalue weighted by atomic mass is 35.5. The first-order valence-electron chi connectivity index (χ1n) is 15.7. The summed E-state index contributed by atoms with van der Waals surface area (Å²) < 4.78 is 61.6. The van der Waals surface area contributed by atoms with Gasteiger partial charge in [0.2, 0.25) is 0 Å². The molecule has 2 saturated heterocycles. The van der Waals surface area contributed by atoms with Gasteiger partial charge in [0.15, 0.2) is 5.69 Å². The molecule has 3 aromatic rings. The van der Waals surface area contributed by atoms with Gasteiger partial charge in [0, 0.05) is 67.8 Å². The molecule has 1 aromatic heterocycles. The summed E-state index contributed by atoms with van der Waals surface area (Å²) in [5.41, 5.74) is 2.25. The van der Waals surface area contributed by atoms with Crippen LogP contribution in [0.3, 0.4) is 0 Å². The van der Waals surface area contributed by atoms with Gasteiger partial charge < -0.3 is 14.5 Å². The van der Waals surface area contributed by atoms with Crippen molar-refractivity contribution in [3.05, 3.63) is 64.9 Å². The Labute approximate surface area is 265 Å². The average molecular weight is 648 g/mol. The Hall–Kier alpha value is -3.31. The number of nitrogens with zero attached hydrogens (tertiary/aromatic N) is 5. The highest BCUT2D eigenvalue weighted by molar-refractivity contribution is 6.31. The summed E-state index contributed by atoms with van der Waals surface area (Å²) in [7, 11) is 0. The van der Waals surface area contributed by atoms with Crippen LogP contribution >= 0.6 is 11.6 Å². The van der Waals surface area contributed by atoms with Gasteiger partial charge in [-0.15, -0.1) is 0 Å². The summed E-state index contributed by atoms with van der Waals surface area (Å²) in [4.78, 5) is 19.2. The van der Waals surface area contributed by atoms with Gasteiger partial charge in [-0.2, -0.15) is 18.3 Å². The topological polar surface area (TPSA) is 53.8 Å². The Bertz CT molecular complexity index is 1480. The number of benzene rings is 2. The number of piperazine rings is 1. The number of halogens is 5. The third-order valence-corrected chi connectivity index (χ3v) is 9.45. The molecule has 1 unspecified atom stereocenters. The number of esters is 1. The Morgan fingerprint density at radius 2 is 1.76 bits per heavy atom. The molecule has 0 N–H and O–H groups in total. The van der Waals surface area contributed by atoms with Crippen LogP contribution in [0.1, 0.15) is 54.7 Å². The second kappa shape index (κ2) is 13.2. The number of hydrogen-bond acceptors (Lipinski definition) is 6. The molecule has 45 heavy (non-hydrogen) atoms. The molecule has 2 aromatic carbocycles. The van der Waals surface area contributed by atoms with Crippen molar-refractivity contribution in [2.45, 2.75) is 51.0 Å². The van der Waals surface area contributed by atoms with E-state index in [1.807, 2.05) is 18.2 Å². The minimum Gasteiger partial charge on any atom is -0.462 e. The molecule has 0 amide bonds. The van der Waals surface area contributed by atoms with Gasteiger partial charge in [-0.3, -0.25) is 9.58 Å². The first-order valence-corrected chi connectivity index (χ1v) is 16.1. The molecule has 3 heterocycles. The molecule has 0 radical (unpaired) electrons. The highest BCUT2D eigenvalue weighted by Gasteiger charge is 2.42. The molecule has 12 heteroatoms. The zero-order valence-corrected chi connectivity index (χ0v) is 26.0. The summed E-state index contributed by atoms with van der Waals surface area (Å²) in [5, 5.41) is 4.58. The zero-order valence-electron chi connectivity index (χ0n) is 25.3. The van der Waals surface area contributed by atoms with Crippen molar-refractivity contribution in [3.63, 3.8) is 0 Å². The van der Waals surface area contributed by atoms with E-state index in [9.17, 15) is 22.4 Å². The van der Waals surface area contributed by atoms with Gasteiger partial charge in [0.1, 0.15) is 11.7 Å². The predicted molar refractivity (Wildman–Crippen MR) is 167 cm³/mol. The second-order valence-corrected chi connectivity index (χ2v) is 12.7. The fourth-order valence-electron chi connectivity index (χ4n) is 6.87. The van der Waals surface area contributed by atoms with Gasteiger partial charge in [-0.25, -0.2) is 9.18 Å². The van der Waals surface area contributed by atoms with E-state index in [-0.39, 0.29) is 13.2 Å². The van der Waals surface area contributed by atoms with Crippen LogP contribution in [0.2, 0.25) is 5.02 Å². The maximum Gasteiger partial charge on any atom is 0.433 e. The fraction of sp³-hybridized carbons (Fsp3) is 0.515. The molecule has 242 valence electrons. The van der Waals surface area contributed by atoms with Crippen molar-refractivity contribution >= 4 is 28.9 Å². The summed E-state index contributed by atoms with van der Waals surface area (Å²) in [6.07, 6.45) is -1.91. The van der Waals surface area contributed by atoms with E-state index in [0.29, 0.717) is 43.2 Å². The standard InChI is InChI=1S/C33H38ClF4N5O2/c1-2-45-32(44)29-19-39-43(31(29)33(36,37)38)27-4-3-11-42(21-27)30-18-24(34)7-10-28(30)23-5-8-26(9-6-23)41-14-12-40(13-15-41)20-22-16-25(35)17-22/h5-10,18-19,22,25,27H,2-4,11-17,20-21H2,1H3. The minimum atomic E-state index is -4.77. The summed E-state index contributed by atoms with van der Waals surface area (Å²) in [6, 6.07) is 13.4. The molecule has 2 aliphatic heterocycles. The Balaban J connectivity index is 1.18. The Morgan fingerprint density at radius 1 is 1.02 bits per heavy atom. The smallest absolute Gasteiger partial charge is 0.433 e. The molecule has 6 rings (SSSR count). The Kier molecular flexibility index (Phi) is 9.29. The quantitative estimate of drug-likeness (QED) is 0.192. The monoisotopic (exact) mass is 647 g/mol. The van der Waals surface area contributed by atoms with Crippen molar-refractivity contribution in [2.24, 2.45) is 5.92 Å². The molecule has 1 aliphatic carbocycles. The second-order valence-electron chi connectivity index (χ2n) is 12.2. The lowest BCUT2D eigenvalue weighted by atomic mass is 9.83. The van der Waals surface area contributed by atoms with Crippen molar-refractivity contribution in [1.82, 2.24) is 14.7 Å². The van der Waals surface area contributed by atoms with E-state index >= 15 is 0 Å². The number of hydrogen-bond donors (Lipinski definition) is 0. The number of anilines is 2. The van der Waals surface area contributed by atoms with Crippen LogP contribution < -0.4 is 9.80 Å². The molecular weight excluding hydrogens is 610 g/mol. The van der Waals surface area contributed by atoms with Crippen molar-refractivity contribution in [1.29, 1.82) is 0 Å². The maximum absolute atomic E-state index is 14.2. The van der Waals surface area contributed by atoms with Gasteiger partial charge in [0.05, 0.1) is 18.8 Å². The van der Waals surface area contributed by atoms with Gasteiger partial charge in [0.25, 0.3) is 0 Å². The van der Waals surface area contributed by atoms with E-state index in [4.69, 9.17) is 16.3 Å². The van der Waals surface area contributed by atoms with Gasteiger partial charge in [-0.1, -0.05) is 29.8 Å². The number of carbonyl (C=O) groups is 1. The van der Waals surface area contributed by atoms with E-state index in [1.54, 1.807) is 6.92 Å². The third-order valence-electron chi connectivity index (χ3n) is 9.21. The average Bonchev–Trinajstić information content (AvgIpc) is 3.48. The largest absolute Gasteiger partial charge is 0.462 e. The fourth-order valence-corrected chi connectivity index (χ4v) is 7.04. The number of piperidine rings is 1. The number of aromatic nitrogens is 2. The zero-order chi connectivity index (χ0) is 31.7. The molecule has 3 fully saturated rings. The molecule has 0 bridgehead atoms. The number of ether oxygens (including phenoxy) is 1. The molecule has 1 saturated carbocycles. The van der Waals surface area contributed by atoms with Gasteiger partial charge >= 0.3 is 12.1 Å². The molecule has 0 spiro atoms. The van der Waals surface area contributed by atoms with E-state index in [0.717, 1.165) is 66.1 Å². The SMILES string of the molecule is CCOC(=O)c1cnn(C2CCCN(c3cc(Cl)ccc3-c3ccc(N4CCN(CC5CC(F)C5)CC4)cc3)C2)c1C(F)(F)F. The first kappa shape index (κ1) is 31.7. The first-order chi connectivity index (χ1) is 21.6. The number of rotatable bonds is 8. The van der Waals surface area contributed by atoms with Crippen LogP contribution in [0.25, 0.3) is 11.1 Å². The third kappa shape index (κ3) is 6.94.